The molecule has 0 saturated heterocycles. The fourth-order valence-corrected chi connectivity index (χ4v) is 2.96. The molecule has 1 aromatic carbocycles. The minimum Gasteiger partial charge on any atom is -0.437 e. The van der Waals surface area contributed by atoms with Crippen molar-refractivity contribution in [3.05, 3.63) is 47.3 Å². The van der Waals surface area contributed by atoms with Crippen molar-refractivity contribution >= 4 is 5.65 Å². The monoisotopic (exact) mass is 334 g/mol. The van der Waals surface area contributed by atoms with Gasteiger partial charge in [0, 0.05) is 6.07 Å². The van der Waals surface area contributed by atoms with Crippen LogP contribution < -0.4 is 4.74 Å². The zero-order valence-corrected chi connectivity index (χ0v) is 12.5. The third-order valence-corrected chi connectivity index (χ3v) is 4.06. The molecule has 0 aliphatic heterocycles. The summed E-state index contributed by atoms with van der Waals surface area (Å²) in [6, 6.07) is 8.65. The maximum absolute atomic E-state index is 12.9. The van der Waals surface area contributed by atoms with Crippen LogP contribution >= 0.6 is 0 Å². The SMILES string of the molecule is FC(F)(F)c1nnc2ccc(Oc3cccc4c3CCCC4)nn12. The molecule has 0 amide bonds. The summed E-state index contributed by atoms with van der Waals surface area (Å²) in [5, 5.41) is 10.5. The molecule has 0 atom stereocenters. The Morgan fingerprint density at radius 3 is 2.67 bits per heavy atom. The molecule has 0 N–H and O–H groups in total. The standard InChI is InChI=1S/C16H13F3N4O/c17-16(18,19)15-21-20-13-8-9-14(22-23(13)15)24-12-7-3-5-10-4-1-2-6-11(10)12/h3,5,7-9H,1-2,4,6H2. The largest absolute Gasteiger partial charge is 0.453 e. The molecule has 1 aliphatic carbocycles. The van der Waals surface area contributed by atoms with Gasteiger partial charge in [-0.2, -0.15) is 17.7 Å². The molecule has 24 heavy (non-hydrogen) atoms. The lowest BCUT2D eigenvalue weighted by atomic mass is 9.91. The number of rotatable bonds is 2. The first-order chi connectivity index (χ1) is 11.5. The molecular weight excluding hydrogens is 321 g/mol. The molecule has 1 aliphatic rings. The highest BCUT2D eigenvalue weighted by atomic mass is 19.4. The van der Waals surface area contributed by atoms with Crippen LogP contribution in [0, 0.1) is 0 Å². The van der Waals surface area contributed by atoms with Gasteiger partial charge < -0.3 is 4.74 Å². The van der Waals surface area contributed by atoms with Gasteiger partial charge in [-0.05, 0) is 48.9 Å². The van der Waals surface area contributed by atoms with Crippen molar-refractivity contribution in [2.45, 2.75) is 31.9 Å². The molecule has 0 unspecified atom stereocenters. The van der Waals surface area contributed by atoms with Crippen LogP contribution in [-0.4, -0.2) is 19.8 Å². The summed E-state index contributed by atoms with van der Waals surface area (Å²) in [5.41, 5.74) is 2.34. The Labute approximate surface area is 135 Å². The van der Waals surface area contributed by atoms with Crippen LogP contribution in [0.25, 0.3) is 5.65 Å². The average molecular weight is 334 g/mol. The number of ether oxygens (including phenoxy) is 1. The molecule has 0 saturated carbocycles. The van der Waals surface area contributed by atoms with E-state index >= 15 is 0 Å². The predicted molar refractivity (Wildman–Crippen MR) is 78.9 cm³/mol. The van der Waals surface area contributed by atoms with Gasteiger partial charge in [-0.25, -0.2) is 0 Å². The molecule has 0 bridgehead atoms. The van der Waals surface area contributed by atoms with E-state index in [1.807, 2.05) is 12.1 Å². The van der Waals surface area contributed by atoms with Crippen molar-refractivity contribution in [3.8, 4) is 11.6 Å². The fraction of sp³-hybridized carbons (Fsp3) is 0.312. The summed E-state index contributed by atoms with van der Waals surface area (Å²) in [6.45, 7) is 0. The van der Waals surface area contributed by atoms with Gasteiger partial charge in [0.05, 0.1) is 0 Å². The number of alkyl halides is 3. The summed E-state index contributed by atoms with van der Waals surface area (Å²) in [4.78, 5) is 0. The Kier molecular flexibility index (Phi) is 3.40. The van der Waals surface area contributed by atoms with E-state index in [2.05, 4.69) is 21.4 Å². The number of aryl methyl sites for hydroxylation is 1. The molecule has 2 heterocycles. The highest BCUT2D eigenvalue weighted by Crippen LogP contribution is 2.33. The maximum Gasteiger partial charge on any atom is 0.453 e. The lowest BCUT2D eigenvalue weighted by Gasteiger charge is -2.18. The van der Waals surface area contributed by atoms with Crippen LogP contribution in [0.5, 0.6) is 11.6 Å². The second kappa shape index (κ2) is 5.47. The summed E-state index contributed by atoms with van der Waals surface area (Å²) < 4.78 is 45.2. The third-order valence-electron chi connectivity index (χ3n) is 4.06. The van der Waals surface area contributed by atoms with E-state index in [-0.39, 0.29) is 11.5 Å². The molecule has 3 aromatic rings. The third kappa shape index (κ3) is 2.57. The molecule has 2 aromatic heterocycles. The van der Waals surface area contributed by atoms with Gasteiger partial charge in [0.2, 0.25) is 5.88 Å². The smallest absolute Gasteiger partial charge is 0.437 e. The van der Waals surface area contributed by atoms with E-state index < -0.39 is 12.0 Å². The lowest BCUT2D eigenvalue weighted by molar-refractivity contribution is -0.146. The summed E-state index contributed by atoms with van der Waals surface area (Å²) >= 11 is 0. The quantitative estimate of drug-likeness (QED) is 0.715. The highest BCUT2D eigenvalue weighted by molar-refractivity contribution is 5.44. The van der Waals surface area contributed by atoms with Crippen LogP contribution in [0.2, 0.25) is 0 Å². The summed E-state index contributed by atoms with van der Waals surface area (Å²) in [7, 11) is 0. The van der Waals surface area contributed by atoms with E-state index in [1.54, 1.807) is 0 Å². The van der Waals surface area contributed by atoms with Crippen molar-refractivity contribution in [1.29, 1.82) is 0 Å². The van der Waals surface area contributed by atoms with Gasteiger partial charge in [0.15, 0.2) is 5.65 Å². The van der Waals surface area contributed by atoms with Crippen molar-refractivity contribution in [1.82, 2.24) is 19.8 Å². The topological polar surface area (TPSA) is 52.3 Å². The second-order valence-electron chi connectivity index (χ2n) is 5.67. The average Bonchev–Trinajstić information content (AvgIpc) is 2.99. The van der Waals surface area contributed by atoms with Gasteiger partial charge in [-0.3, -0.25) is 0 Å². The molecule has 124 valence electrons. The Hall–Kier alpha value is -2.64. The number of benzene rings is 1. The minimum atomic E-state index is -4.63. The molecule has 4 rings (SSSR count). The van der Waals surface area contributed by atoms with Gasteiger partial charge in [-0.15, -0.1) is 15.3 Å². The molecule has 0 fully saturated rings. The van der Waals surface area contributed by atoms with Crippen LogP contribution in [0.1, 0.15) is 29.8 Å². The van der Waals surface area contributed by atoms with Crippen molar-refractivity contribution in [2.24, 2.45) is 0 Å². The van der Waals surface area contributed by atoms with Crippen LogP contribution in [-0.2, 0) is 19.0 Å². The number of fused-ring (bicyclic) bond motifs is 2. The molecule has 8 heteroatoms. The van der Waals surface area contributed by atoms with Gasteiger partial charge in [0.1, 0.15) is 5.75 Å². The molecule has 0 spiro atoms. The maximum atomic E-state index is 12.9. The van der Waals surface area contributed by atoms with Crippen molar-refractivity contribution in [2.75, 3.05) is 0 Å². The highest BCUT2D eigenvalue weighted by Gasteiger charge is 2.37. The molecule has 0 radical (unpaired) electrons. The second-order valence-corrected chi connectivity index (χ2v) is 5.67. The van der Waals surface area contributed by atoms with Gasteiger partial charge in [0.25, 0.3) is 5.82 Å². The van der Waals surface area contributed by atoms with Gasteiger partial charge in [-0.1, -0.05) is 12.1 Å². The predicted octanol–water partition coefficient (Wildman–Crippen LogP) is 3.81. The van der Waals surface area contributed by atoms with Crippen LogP contribution in [0.4, 0.5) is 13.2 Å². The molecular formula is C16H13F3N4O. The first kappa shape index (κ1) is 14.9. The summed E-state index contributed by atoms with van der Waals surface area (Å²) in [6.07, 6.45) is -0.534. The van der Waals surface area contributed by atoms with E-state index in [0.29, 0.717) is 10.3 Å². The first-order valence-electron chi connectivity index (χ1n) is 7.61. The Balaban J connectivity index is 1.73. The number of hydrogen-bond acceptors (Lipinski definition) is 4. The van der Waals surface area contributed by atoms with Gasteiger partial charge >= 0.3 is 6.18 Å². The lowest BCUT2D eigenvalue weighted by Crippen LogP contribution is -2.12. The van der Waals surface area contributed by atoms with Crippen LogP contribution in [0.3, 0.4) is 0 Å². The normalized spacial score (nSPS) is 14.6. The Bertz CT molecular complexity index is 904. The zero-order valence-electron chi connectivity index (χ0n) is 12.5. The Morgan fingerprint density at radius 1 is 1.00 bits per heavy atom. The van der Waals surface area contributed by atoms with E-state index in [1.165, 1.54) is 17.7 Å². The fourth-order valence-electron chi connectivity index (χ4n) is 2.96. The van der Waals surface area contributed by atoms with E-state index in [4.69, 9.17) is 4.74 Å². The van der Waals surface area contributed by atoms with E-state index in [9.17, 15) is 13.2 Å². The summed E-state index contributed by atoms with van der Waals surface area (Å²) in [5.74, 6) is -0.453. The number of nitrogens with zero attached hydrogens (tertiary/aromatic N) is 4. The zero-order chi connectivity index (χ0) is 16.7. The van der Waals surface area contributed by atoms with Crippen molar-refractivity contribution in [3.63, 3.8) is 0 Å². The number of halogens is 3. The number of hydrogen-bond donors (Lipinski definition) is 0. The van der Waals surface area contributed by atoms with Crippen molar-refractivity contribution < 1.29 is 17.9 Å². The Morgan fingerprint density at radius 2 is 1.83 bits per heavy atom. The van der Waals surface area contributed by atoms with Crippen LogP contribution in [0.15, 0.2) is 30.3 Å². The molecule has 5 nitrogen and oxygen atoms in total. The first-order valence-corrected chi connectivity index (χ1v) is 7.61. The van der Waals surface area contributed by atoms with E-state index in [0.717, 1.165) is 31.2 Å². The minimum absolute atomic E-state index is 0.0183. The number of aromatic nitrogens is 4.